The summed E-state index contributed by atoms with van der Waals surface area (Å²) in [6, 6.07) is 5.53. The average Bonchev–Trinajstić information content (AvgIpc) is 3.10. The van der Waals surface area contributed by atoms with Gasteiger partial charge in [-0.15, -0.1) is 0 Å². The summed E-state index contributed by atoms with van der Waals surface area (Å²) in [5.41, 5.74) is 1.63. The van der Waals surface area contributed by atoms with Crippen LogP contribution < -0.4 is 4.90 Å². The molecule has 0 aliphatic carbocycles. The fraction of sp³-hybridized carbons (Fsp3) is 0.167. The lowest BCUT2D eigenvalue weighted by Crippen LogP contribution is -2.42. The molecule has 1 atom stereocenters. The maximum atomic E-state index is 13.1. The summed E-state index contributed by atoms with van der Waals surface area (Å²) in [7, 11) is -9.77. The van der Waals surface area contributed by atoms with Gasteiger partial charge in [-0.3, -0.25) is 14.5 Å². The molecule has 11 heteroatoms. The van der Waals surface area contributed by atoms with Gasteiger partial charge in [-0.1, -0.05) is 19.4 Å². The van der Waals surface area contributed by atoms with E-state index in [9.17, 15) is 24.2 Å². The van der Waals surface area contributed by atoms with Crippen molar-refractivity contribution < 1.29 is 24.2 Å². The van der Waals surface area contributed by atoms with Crippen LogP contribution >= 0.6 is 10.2 Å². The molecule has 3 aromatic rings. The number of hydrogen-bond donors (Lipinski definition) is 0. The molecule has 0 unspecified atom stereocenters. The minimum Gasteiger partial charge on any atom is -0.305 e. The molecular weight excluding hydrogens is 415 g/mol. The molecular formula is C18H15F5N4OS. The van der Waals surface area contributed by atoms with E-state index in [1.54, 1.807) is 42.3 Å². The summed E-state index contributed by atoms with van der Waals surface area (Å²) in [4.78, 5) is 16.3. The summed E-state index contributed by atoms with van der Waals surface area (Å²) >= 11 is 0. The highest BCUT2D eigenvalue weighted by atomic mass is 32.5. The van der Waals surface area contributed by atoms with Gasteiger partial charge in [0.15, 0.2) is 0 Å². The number of amides is 1. The van der Waals surface area contributed by atoms with Gasteiger partial charge in [0.2, 0.25) is 0 Å². The molecule has 29 heavy (non-hydrogen) atoms. The lowest BCUT2D eigenvalue weighted by Gasteiger charge is -2.40. The first-order chi connectivity index (χ1) is 13.3. The minimum atomic E-state index is -9.77. The summed E-state index contributed by atoms with van der Waals surface area (Å²) in [5, 5.41) is 4.26. The molecule has 4 rings (SSSR count). The van der Waals surface area contributed by atoms with Gasteiger partial charge in [0.05, 0.1) is 12.2 Å². The van der Waals surface area contributed by atoms with Crippen LogP contribution in [0.15, 0.2) is 59.9 Å². The van der Waals surface area contributed by atoms with Gasteiger partial charge in [0.25, 0.3) is 5.91 Å². The zero-order chi connectivity index (χ0) is 21.1. The van der Waals surface area contributed by atoms with Crippen molar-refractivity contribution in [2.45, 2.75) is 17.9 Å². The Kier molecular flexibility index (Phi) is 3.71. The molecule has 0 fully saturated rings. The summed E-state index contributed by atoms with van der Waals surface area (Å²) in [6.07, 6.45) is 4.67. The molecule has 1 aliphatic rings. The van der Waals surface area contributed by atoms with E-state index < -0.39 is 21.0 Å². The number of pyridine rings is 1. The van der Waals surface area contributed by atoms with E-state index in [2.05, 4.69) is 10.1 Å². The highest BCUT2D eigenvalue weighted by molar-refractivity contribution is 8.45. The fourth-order valence-electron chi connectivity index (χ4n) is 3.31. The second-order valence-corrected chi connectivity index (χ2v) is 9.22. The second-order valence-electron chi connectivity index (χ2n) is 6.81. The Morgan fingerprint density at radius 2 is 1.62 bits per heavy atom. The molecule has 0 saturated heterocycles. The highest BCUT2D eigenvalue weighted by Gasteiger charge is 2.65. The topological polar surface area (TPSA) is 51.0 Å². The molecule has 154 valence electrons. The molecule has 5 nitrogen and oxygen atoms in total. The van der Waals surface area contributed by atoms with Crippen molar-refractivity contribution in [2.75, 3.05) is 11.4 Å². The third-order valence-corrected chi connectivity index (χ3v) is 5.86. The van der Waals surface area contributed by atoms with Crippen molar-refractivity contribution in [3.05, 3.63) is 60.7 Å². The van der Waals surface area contributed by atoms with Gasteiger partial charge in [-0.25, -0.2) is 0 Å². The second kappa shape index (κ2) is 5.56. The Bertz CT molecular complexity index is 1100. The average molecular weight is 430 g/mol. The van der Waals surface area contributed by atoms with Gasteiger partial charge in [0, 0.05) is 30.2 Å². The van der Waals surface area contributed by atoms with Gasteiger partial charge in [-0.2, -0.15) is 5.10 Å². The number of aromatic nitrogens is 3. The van der Waals surface area contributed by atoms with Crippen LogP contribution in [0.3, 0.4) is 0 Å². The van der Waals surface area contributed by atoms with Crippen molar-refractivity contribution in [3.63, 3.8) is 0 Å². The van der Waals surface area contributed by atoms with E-state index in [4.69, 9.17) is 0 Å². The molecule has 0 saturated carbocycles. The maximum Gasteiger partial charge on any atom is 0.310 e. The molecule has 0 spiro atoms. The van der Waals surface area contributed by atoms with Crippen LogP contribution in [-0.4, -0.2) is 27.2 Å². The molecule has 0 bridgehead atoms. The molecule has 2 aromatic heterocycles. The molecule has 0 radical (unpaired) electrons. The Morgan fingerprint density at radius 3 is 2.21 bits per heavy atom. The monoisotopic (exact) mass is 430 g/mol. The Morgan fingerprint density at radius 1 is 1.00 bits per heavy atom. The largest absolute Gasteiger partial charge is 0.310 e. The number of nitrogens with zero attached hydrogens (tertiary/aromatic N) is 4. The number of halogens is 5. The van der Waals surface area contributed by atoms with E-state index in [0.717, 1.165) is 12.1 Å². The van der Waals surface area contributed by atoms with Crippen molar-refractivity contribution in [1.29, 1.82) is 0 Å². The number of fused-ring (bicyclic) bond motifs is 1. The minimum absolute atomic E-state index is 0.0978. The van der Waals surface area contributed by atoms with Gasteiger partial charge < -0.3 is 4.90 Å². The van der Waals surface area contributed by atoms with E-state index in [0.29, 0.717) is 23.3 Å². The lowest BCUT2D eigenvalue weighted by atomic mass is 10.0. The zero-order valence-corrected chi connectivity index (χ0v) is 15.8. The van der Waals surface area contributed by atoms with E-state index >= 15 is 0 Å². The summed E-state index contributed by atoms with van der Waals surface area (Å²) < 4.78 is 66.3. The smallest absolute Gasteiger partial charge is 0.305 e. The van der Waals surface area contributed by atoms with E-state index in [1.165, 1.54) is 4.90 Å². The van der Waals surface area contributed by atoms with Crippen LogP contribution in [-0.2, 0) is 0 Å². The van der Waals surface area contributed by atoms with Crippen molar-refractivity contribution in [3.8, 4) is 11.1 Å². The zero-order valence-electron chi connectivity index (χ0n) is 15.0. The third kappa shape index (κ3) is 3.46. The van der Waals surface area contributed by atoms with Crippen LogP contribution in [0.25, 0.3) is 11.1 Å². The summed E-state index contributed by atoms with van der Waals surface area (Å²) in [5.74, 6) is -0.479. The Labute approximate surface area is 162 Å². The molecule has 1 aromatic carbocycles. The first kappa shape index (κ1) is 19.4. The van der Waals surface area contributed by atoms with E-state index in [1.807, 2.05) is 0 Å². The van der Waals surface area contributed by atoms with Crippen LogP contribution in [0.4, 0.5) is 25.1 Å². The lowest BCUT2D eigenvalue weighted by molar-refractivity contribution is 0.0954. The first-order valence-corrected chi connectivity index (χ1v) is 10.4. The number of carbonyl (C=O) groups excluding carboxylic acids is 1. The first-order valence-electron chi connectivity index (χ1n) is 8.49. The summed E-state index contributed by atoms with van der Waals surface area (Å²) in [6.45, 7) is 1.94. The predicted molar refractivity (Wildman–Crippen MR) is 99.7 cm³/mol. The number of carbonyl (C=O) groups is 1. The third-order valence-electron chi connectivity index (χ3n) is 4.69. The Balaban J connectivity index is 1.75. The van der Waals surface area contributed by atoms with Crippen molar-refractivity contribution >= 4 is 21.8 Å². The normalized spacial score (nSPS) is 19.4. The van der Waals surface area contributed by atoms with E-state index in [-0.39, 0.29) is 24.0 Å². The SMILES string of the molecule is C[C@H]1CN(c2ccc(S(F)(F)(F)(F)F)cc2)C(=O)c2c(-c3ccncc3)cnn21. The van der Waals surface area contributed by atoms with Crippen LogP contribution in [0, 0.1) is 0 Å². The fourth-order valence-corrected chi connectivity index (χ4v) is 3.96. The number of hydrogen-bond acceptors (Lipinski definition) is 3. The van der Waals surface area contributed by atoms with Crippen LogP contribution in [0.2, 0.25) is 0 Å². The van der Waals surface area contributed by atoms with Crippen LogP contribution in [0.5, 0.6) is 0 Å². The van der Waals surface area contributed by atoms with Gasteiger partial charge in [0.1, 0.15) is 10.6 Å². The predicted octanol–water partition coefficient (Wildman–Crippen LogP) is 5.82. The van der Waals surface area contributed by atoms with Crippen molar-refractivity contribution in [1.82, 2.24) is 14.8 Å². The quantitative estimate of drug-likeness (QED) is 0.492. The van der Waals surface area contributed by atoms with Crippen molar-refractivity contribution in [2.24, 2.45) is 0 Å². The molecule has 3 heterocycles. The van der Waals surface area contributed by atoms with Gasteiger partial charge in [-0.05, 0) is 48.9 Å². The number of rotatable bonds is 3. The highest BCUT2D eigenvalue weighted by Crippen LogP contribution is 3.02. The molecule has 1 aliphatic heterocycles. The van der Waals surface area contributed by atoms with Gasteiger partial charge >= 0.3 is 10.2 Å². The number of anilines is 1. The van der Waals surface area contributed by atoms with Crippen LogP contribution in [0.1, 0.15) is 23.5 Å². The standard InChI is InChI=1S/C18H15F5N4OS/c1-12-11-26(14-2-4-15(5-3-14)29(19,20,21,22)23)18(28)17-16(10-25-27(12)17)13-6-8-24-9-7-13/h2-10,12H,11H2,1H3/t12-/m0/s1. The number of benzene rings is 1. The maximum absolute atomic E-state index is 13.1. The Hall–Kier alpha value is -2.95. The molecule has 0 N–H and O–H groups in total. The molecule has 1 amide bonds.